The van der Waals surface area contributed by atoms with Gasteiger partial charge in [0.15, 0.2) is 5.89 Å². The standard InChI is InChI=1S/C10H14N2O4/c1-6-9(16-7(2)11-6)10(14)12(3)5-8(13)15-4/h5H2,1-4H3. The lowest BCUT2D eigenvalue weighted by Gasteiger charge is -2.13. The molecule has 0 aromatic carbocycles. The van der Waals surface area contributed by atoms with Crippen molar-refractivity contribution in [3.05, 3.63) is 17.3 Å². The molecular weight excluding hydrogens is 212 g/mol. The number of carbonyl (C=O) groups excluding carboxylic acids is 2. The van der Waals surface area contributed by atoms with Crippen LogP contribution >= 0.6 is 0 Å². The van der Waals surface area contributed by atoms with Crippen molar-refractivity contribution >= 4 is 11.9 Å². The minimum Gasteiger partial charge on any atom is -0.468 e. The van der Waals surface area contributed by atoms with E-state index in [4.69, 9.17) is 4.42 Å². The largest absolute Gasteiger partial charge is 0.468 e. The highest BCUT2D eigenvalue weighted by atomic mass is 16.5. The molecule has 0 aliphatic heterocycles. The number of hydrogen-bond acceptors (Lipinski definition) is 5. The number of aryl methyl sites for hydroxylation is 2. The SMILES string of the molecule is COC(=O)CN(C)C(=O)c1oc(C)nc1C. The fourth-order valence-electron chi connectivity index (χ4n) is 1.23. The Labute approximate surface area is 93.2 Å². The third-order valence-electron chi connectivity index (χ3n) is 2.04. The molecule has 0 spiro atoms. The van der Waals surface area contributed by atoms with Gasteiger partial charge >= 0.3 is 5.97 Å². The molecule has 0 atom stereocenters. The Balaban J connectivity index is 2.78. The maximum Gasteiger partial charge on any atom is 0.325 e. The lowest BCUT2D eigenvalue weighted by molar-refractivity contribution is -0.141. The van der Waals surface area contributed by atoms with Gasteiger partial charge in [-0.25, -0.2) is 4.98 Å². The van der Waals surface area contributed by atoms with E-state index in [2.05, 4.69) is 9.72 Å². The third-order valence-corrected chi connectivity index (χ3v) is 2.04. The van der Waals surface area contributed by atoms with Crippen LogP contribution in [-0.4, -0.2) is 42.5 Å². The number of oxazole rings is 1. The van der Waals surface area contributed by atoms with E-state index < -0.39 is 5.97 Å². The van der Waals surface area contributed by atoms with E-state index in [1.165, 1.54) is 19.1 Å². The van der Waals surface area contributed by atoms with Crippen molar-refractivity contribution in [2.45, 2.75) is 13.8 Å². The predicted molar refractivity (Wildman–Crippen MR) is 55.0 cm³/mol. The number of amides is 1. The van der Waals surface area contributed by atoms with Crippen molar-refractivity contribution in [2.24, 2.45) is 0 Å². The molecule has 0 saturated carbocycles. The van der Waals surface area contributed by atoms with Crippen LogP contribution in [0.25, 0.3) is 0 Å². The normalized spacial score (nSPS) is 10.0. The Hall–Kier alpha value is -1.85. The van der Waals surface area contributed by atoms with E-state index in [9.17, 15) is 9.59 Å². The van der Waals surface area contributed by atoms with E-state index in [1.807, 2.05) is 0 Å². The summed E-state index contributed by atoms with van der Waals surface area (Å²) in [6, 6.07) is 0. The maximum atomic E-state index is 11.8. The molecule has 1 rings (SSSR count). The maximum absolute atomic E-state index is 11.8. The first-order valence-corrected chi connectivity index (χ1v) is 4.72. The fraction of sp³-hybridized carbons (Fsp3) is 0.500. The number of aromatic nitrogens is 1. The summed E-state index contributed by atoms with van der Waals surface area (Å²) in [4.78, 5) is 28.0. The average molecular weight is 226 g/mol. The number of ether oxygens (including phenoxy) is 1. The molecule has 88 valence electrons. The first-order valence-electron chi connectivity index (χ1n) is 4.72. The van der Waals surface area contributed by atoms with E-state index >= 15 is 0 Å². The summed E-state index contributed by atoms with van der Waals surface area (Å²) in [5, 5.41) is 0. The van der Waals surface area contributed by atoms with Gasteiger partial charge in [0.2, 0.25) is 5.76 Å². The molecule has 1 aromatic heterocycles. The van der Waals surface area contributed by atoms with Crippen LogP contribution in [0.4, 0.5) is 0 Å². The van der Waals surface area contributed by atoms with Crippen LogP contribution in [0.15, 0.2) is 4.42 Å². The van der Waals surface area contributed by atoms with Crippen LogP contribution < -0.4 is 0 Å². The number of likely N-dealkylation sites (N-methyl/N-ethyl adjacent to an activating group) is 1. The molecule has 6 nitrogen and oxygen atoms in total. The van der Waals surface area contributed by atoms with Crippen LogP contribution in [0.5, 0.6) is 0 Å². The zero-order valence-electron chi connectivity index (χ0n) is 9.73. The summed E-state index contributed by atoms with van der Waals surface area (Å²) in [6.45, 7) is 3.22. The Bertz CT molecular complexity index is 411. The molecule has 0 aliphatic carbocycles. The molecule has 0 fully saturated rings. The Morgan fingerprint density at radius 2 is 2.06 bits per heavy atom. The summed E-state index contributed by atoms with van der Waals surface area (Å²) in [7, 11) is 2.76. The monoisotopic (exact) mass is 226 g/mol. The van der Waals surface area contributed by atoms with Crippen molar-refractivity contribution in [1.29, 1.82) is 0 Å². The molecule has 16 heavy (non-hydrogen) atoms. The Morgan fingerprint density at radius 1 is 1.44 bits per heavy atom. The van der Waals surface area contributed by atoms with Crippen molar-refractivity contribution in [1.82, 2.24) is 9.88 Å². The number of esters is 1. The van der Waals surface area contributed by atoms with Crippen LogP contribution in [-0.2, 0) is 9.53 Å². The van der Waals surface area contributed by atoms with Crippen LogP contribution in [0.3, 0.4) is 0 Å². The molecule has 1 heterocycles. The van der Waals surface area contributed by atoms with Crippen molar-refractivity contribution < 1.29 is 18.7 Å². The van der Waals surface area contributed by atoms with Crippen LogP contribution in [0.2, 0.25) is 0 Å². The molecular formula is C10H14N2O4. The van der Waals surface area contributed by atoms with E-state index in [-0.39, 0.29) is 18.2 Å². The lowest BCUT2D eigenvalue weighted by Crippen LogP contribution is -2.32. The van der Waals surface area contributed by atoms with E-state index in [0.29, 0.717) is 11.6 Å². The zero-order valence-corrected chi connectivity index (χ0v) is 9.73. The minimum absolute atomic E-state index is 0.117. The Kier molecular flexibility index (Phi) is 3.65. The first kappa shape index (κ1) is 12.2. The van der Waals surface area contributed by atoms with Crippen molar-refractivity contribution in [3.63, 3.8) is 0 Å². The van der Waals surface area contributed by atoms with Crippen LogP contribution in [0.1, 0.15) is 22.1 Å². The minimum atomic E-state index is -0.482. The number of rotatable bonds is 3. The Morgan fingerprint density at radius 3 is 2.50 bits per heavy atom. The summed E-state index contributed by atoms with van der Waals surface area (Å²) < 4.78 is 9.62. The molecule has 6 heteroatoms. The van der Waals surface area contributed by atoms with Gasteiger partial charge in [0.05, 0.1) is 12.8 Å². The molecule has 0 radical (unpaired) electrons. The smallest absolute Gasteiger partial charge is 0.325 e. The number of hydrogen-bond donors (Lipinski definition) is 0. The zero-order chi connectivity index (χ0) is 12.3. The average Bonchev–Trinajstić information content (AvgIpc) is 2.56. The molecule has 0 unspecified atom stereocenters. The summed E-state index contributed by atoms with van der Waals surface area (Å²) in [6.07, 6.45) is 0. The second kappa shape index (κ2) is 4.78. The van der Waals surface area contributed by atoms with Crippen molar-refractivity contribution in [2.75, 3.05) is 20.7 Å². The predicted octanol–water partition coefficient (Wildman–Crippen LogP) is 0.536. The molecule has 0 aliphatic rings. The summed E-state index contributed by atoms with van der Waals surface area (Å²) in [5.74, 6) is -0.288. The fourth-order valence-corrected chi connectivity index (χ4v) is 1.23. The first-order chi connectivity index (χ1) is 7.45. The molecule has 1 amide bonds. The third kappa shape index (κ3) is 2.59. The van der Waals surface area contributed by atoms with Gasteiger partial charge in [0.1, 0.15) is 6.54 Å². The topological polar surface area (TPSA) is 72.6 Å². The molecule has 1 aromatic rings. The lowest BCUT2D eigenvalue weighted by atomic mass is 10.3. The second-order valence-corrected chi connectivity index (χ2v) is 3.38. The van der Waals surface area contributed by atoms with Gasteiger partial charge in [-0.1, -0.05) is 0 Å². The summed E-state index contributed by atoms with van der Waals surface area (Å²) >= 11 is 0. The highest BCUT2D eigenvalue weighted by Gasteiger charge is 2.21. The summed E-state index contributed by atoms with van der Waals surface area (Å²) in [5.41, 5.74) is 0.513. The van der Waals surface area contributed by atoms with Gasteiger partial charge in [0, 0.05) is 14.0 Å². The number of methoxy groups -OCH3 is 1. The van der Waals surface area contributed by atoms with Gasteiger partial charge in [-0.2, -0.15) is 0 Å². The van der Waals surface area contributed by atoms with Gasteiger partial charge < -0.3 is 14.1 Å². The molecule has 0 saturated heterocycles. The van der Waals surface area contributed by atoms with Gasteiger partial charge in [-0.05, 0) is 6.92 Å². The van der Waals surface area contributed by atoms with Gasteiger partial charge in [-0.15, -0.1) is 0 Å². The number of nitrogens with zero attached hydrogens (tertiary/aromatic N) is 2. The van der Waals surface area contributed by atoms with Gasteiger partial charge in [-0.3, -0.25) is 9.59 Å². The van der Waals surface area contributed by atoms with Crippen molar-refractivity contribution in [3.8, 4) is 0 Å². The highest BCUT2D eigenvalue weighted by Crippen LogP contribution is 2.11. The molecule has 0 N–H and O–H groups in total. The van der Waals surface area contributed by atoms with Crippen LogP contribution in [0, 0.1) is 13.8 Å². The molecule has 0 bridgehead atoms. The van der Waals surface area contributed by atoms with E-state index in [0.717, 1.165) is 0 Å². The second-order valence-electron chi connectivity index (χ2n) is 3.38. The quantitative estimate of drug-likeness (QED) is 0.703. The van der Waals surface area contributed by atoms with E-state index in [1.54, 1.807) is 13.8 Å². The highest BCUT2D eigenvalue weighted by molar-refractivity contribution is 5.94. The number of carbonyl (C=O) groups is 2. The van der Waals surface area contributed by atoms with Gasteiger partial charge in [0.25, 0.3) is 5.91 Å².